The van der Waals surface area contributed by atoms with E-state index >= 15 is 0 Å². The van der Waals surface area contributed by atoms with Crippen molar-refractivity contribution in [2.45, 2.75) is 24.5 Å². The molecule has 5 rings (SSSR count). The maximum atomic E-state index is 14.1. The average Bonchev–Trinajstić information content (AvgIpc) is 3.06. The number of hydrogen-bond donors (Lipinski definition) is 0. The molecule has 0 aliphatic carbocycles. The van der Waals surface area contributed by atoms with Crippen LogP contribution in [0.5, 0.6) is 11.5 Å². The minimum absolute atomic E-state index is 0.398. The molecule has 0 amide bonds. The molecule has 0 saturated heterocycles. The fraction of sp³-hybridized carbons (Fsp3) is 0. The van der Waals surface area contributed by atoms with Crippen molar-refractivity contribution in [3.8, 4) is 11.5 Å². The molecule has 5 aromatic carbocycles. The third-order valence-electron chi connectivity index (χ3n) is 6.35. The monoisotopic (exact) mass is 755 g/mol. The van der Waals surface area contributed by atoms with Crippen LogP contribution < -0.4 is 8.37 Å². The Kier molecular flexibility index (Phi) is 9.64. The summed E-state index contributed by atoms with van der Waals surface area (Å²) in [6, 6.07) is 17.5. The lowest BCUT2D eigenvalue weighted by Gasteiger charge is -2.12. The molecule has 256 valence electrons. The van der Waals surface area contributed by atoms with Gasteiger partial charge in [-0.25, -0.2) is 43.9 Å². The Bertz CT molecular complexity index is 2100. The Balaban J connectivity index is 1.46. The molecule has 0 spiro atoms. The van der Waals surface area contributed by atoms with E-state index in [2.05, 4.69) is 8.37 Å². The van der Waals surface area contributed by atoms with Crippen molar-refractivity contribution < 1.29 is 69.1 Å². The van der Waals surface area contributed by atoms with Crippen molar-refractivity contribution in [1.82, 2.24) is 0 Å². The summed E-state index contributed by atoms with van der Waals surface area (Å²) in [7, 11) is -12.3. The van der Waals surface area contributed by atoms with Crippen LogP contribution in [0.15, 0.2) is 103 Å². The summed E-state index contributed by atoms with van der Waals surface area (Å²) in [5.41, 5.74) is 0. The maximum Gasteiger partial charge on any atom is 0.345 e. The van der Waals surface area contributed by atoms with Crippen LogP contribution in [0.1, 0.15) is 0 Å². The molecule has 0 radical (unpaired) electrons. The third-order valence-corrected chi connectivity index (χ3v) is 11.1. The van der Waals surface area contributed by atoms with Gasteiger partial charge in [-0.1, -0.05) is 18.2 Å². The second kappa shape index (κ2) is 13.3. The van der Waals surface area contributed by atoms with Crippen LogP contribution >= 0.6 is 0 Å². The molecular formula is C30H13F10O6S3+. The highest BCUT2D eigenvalue weighted by Gasteiger charge is 2.37. The van der Waals surface area contributed by atoms with E-state index in [1.165, 1.54) is 24.3 Å². The van der Waals surface area contributed by atoms with E-state index in [-0.39, 0.29) is 0 Å². The minimum atomic E-state index is -5.59. The van der Waals surface area contributed by atoms with Gasteiger partial charge in [-0.15, -0.1) is 0 Å². The second-order valence-corrected chi connectivity index (χ2v) is 14.4. The molecule has 6 nitrogen and oxygen atoms in total. The Labute approximate surface area is 272 Å². The Hall–Kier alpha value is -4.75. The first-order valence-electron chi connectivity index (χ1n) is 12.9. The lowest BCUT2D eigenvalue weighted by Crippen LogP contribution is -2.17. The molecule has 0 N–H and O–H groups in total. The van der Waals surface area contributed by atoms with Crippen molar-refractivity contribution >= 4 is 31.1 Å². The van der Waals surface area contributed by atoms with Crippen LogP contribution in [-0.2, 0) is 31.1 Å². The van der Waals surface area contributed by atoms with E-state index in [9.17, 15) is 60.7 Å². The molecule has 0 atom stereocenters. The van der Waals surface area contributed by atoms with Gasteiger partial charge in [-0.2, -0.15) is 16.8 Å². The van der Waals surface area contributed by atoms with Gasteiger partial charge in [0.15, 0.2) is 71.0 Å². The molecule has 0 aromatic heterocycles. The quantitative estimate of drug-likeness (QED) is 0.0504. The minimum Gasteiger partial charge on any atom is -0.379 e. The number of hydrogen-bond acceptors (Lipinski definition) is 6. The van der Waals surface area contributed by atoms with Crippen LogP contribution in [0.25, 0.3) is 0 Å². The fourth-order valence-electron chi connectivity index (χ4n) is 4.17. The molecule has 5 aromatic rings. The van der Waals surface area contributed by atoms with Crippen molar-refractivity contribution in [2.75, 3.05) is 0 Å². The lowest BCUT2D eigenvalue weighted by molar-refractivity contribution is 0.352. The summed E-state index contributed by atoms with van der Waals surface area (Å²) in [6.45, 7) is 0. The van der Waals surface area contributed by atoms with E-state index in [1.807, 2.05) is 0 Å². The van der Waals surface area contributed by atoms with Gasteiger partial charge < -0.3 is 8.37 Å². The first-order chi connectivity index (χ1) is 23.0. The summed E-state index contributed by atoms with van der Waals surface area (Å²) in [5.74, 6) is -26.9. The predicted octanol–water partition coefficient (Wildman–Crippen LogP) is 7.71. The van der Waals surface area contributed by atoms with E-state index in [0.29, 0.717) is 14.7 Å². The molecule has 0 unspecified atom stereocenters. The van der Waals surface area contributed by atoms with Crippen LogP contribution in [0, 0.1) is 58.2 Å². The summed E-state index contributed by atoms with van der Waals surface area (Å²) < 4.78 is 197. The zero-order chi connectivity index (χ0) is 36.0. The molecule has 0 bridgehead atoms. The Morgan fingerprint density at radius 1 is 0.367 bits per heavy atom. The lowest BCUT2D eigenvalue weighted by atomic mass is 10.3. The molecule has 0 aliphatic heterocycles. The zero-order valence-corrected chi connectivity index (χ0v) is 25.9. The van der Waals surface area contributed by atoms with Gasteiger partial charge in [-0.05, 0) is 60.7 Å². The van der Waals surface area contributed by atoms with Gasteiger partial charge in [0.2, 0.25) is 11.6 Å². The highest BCUT2D eigenvalue weighted by atomic mass is 32.2. The van der Waals surface area contributed by atoms with Gasteiger partial charge in [-0.3, -0.25) is 0 Å². The third kappa shape index (κ3) is 6.64. The molecule has 0 saturated carbocycles. The van der Waals surface area contributed by atoms with Gasteiger partial charge >= 0.3 is 20.2 Å². The molecular weight excluding hydrogens is 743 g/mol. The summed E-state index contributed by atoms with van der Waals surface area (Å²) >= 11 is 0. The van der Waals surface area contributed by atoms with Crippen LogP contribution in [0.2, 0.25) is 0 Å². The maximum absolute atomic E-state index is 14.1. The number of benzene rings is 5. The number of rotatable bonds is 9. The van der Waals surface area contributed by atoms with Crippen molar-refractivity contribution in [2.24, 2.45) is 0 Å². The predicted molar refractivity (Wildman–Crippen MR) is 150 cm³/mol. The molecule has 0 aliphatic rings. The number of halogens is 10. The fourth-order valence-corrected chi connectivity index (χ4v) is 8.37. The summed E-state index contributed by atoms with van der Waals surface area (Å²) in [4.78, 5) is -3.01. The normalized spacial score (nSPS) is 12.0. The van der Waals surface area contributed by atoms with Gasteiger partial charge in [0.25, 0.3) is 0 Å². The Morgan fingerprint density at radius 3 is 0.939 bits per heavy atom. The van der Waals surface area contributed by atoms with Crippen molar-refractivity contribution in [1.29, 1.82) is 0 Å². The average molecular weight is 756 g/mol. The second-order valence-electron chi connectivity index (χ2n) is 9.44. The standard InChI is InChI=1S/C30H13F10O6S3/c31-19-21(33)25(37)29(26(38)22(19)34)48(41,42)45-14-6-10-17(11-7-14)47(16-4-2-1-3-5-16)18-12-8-15(9-13-18)46-49(43,44)30-27(39)23(35)20(32)24(36)28(30)40/h1-13H/q+1. The van der Waals surface area contributed by atoms with Gasteiger partial charge in [0, 0.05) is 0 Å². The van der Waals surface area contributed by atoms with E-state index in [4.69, 9.17) is 0 Å². The zero-order valence-electron chi connectivity index (χ0n) is 23.5. The Morgan fingerprint density at radius 2 is 0.633 bits per heavy atom. The van der Waals surface area contributed by atoms with E-state index in [0.717, 1.165) is 24.3 Å². The SMILES string of the molecule is O=S(=O)(Oc1ccc([S+](c2ccccc2)c2ccc(OS(=O)(=O)c3c(F)c(F)c(F)c(F)c3F)cc2)cc1)c1c(F)c(F)c(F)c(F)c1F. The molecule has 19 heteroatoms. The van der Waals surface area contributed by atoms with E-state index in [1.54, 1.807) is 30.3 Å². The first-order valence-corrected chi connectivity index (χ1v) is 16.9. The summed E-state index contributed by atoms with van der Waals surface area (Å²) in [5, 5.41) is 0. The van der Waals surface area contributed by atoms with Gasteiger partial charge in [0.1, 0.15) is 11.5 Å². The van der Waals surface area contributed by atoms with Gasteiger partial charge in [0.05, 0.1) is 10.9 Å². The van der Waals surface area contributed by atoms with E-state index < -0.39 is 111 Å². The molecule has 0 fully saturated rings. The summed E-state index contributed by atoms with van der Waals surface area (Å²) in [6.07, 6.45) is 0. The molecule has 0 heterocycles. The molecule has 49 heavy (non-hydrogen) atoms. The van der Waals surface area contributed by atoms with Crippen LogP contribution in [-0.4, -0.2) is 16.8 Å². The first kappa shape index (κ1) is 35.6. The smallest absolute Gasteiger partial charge is 0.345 e. The van der Waals surface area contributed by atoms with Crippen molar-refractivity contribution in [3.05, 3.63) is 137 Å². The highest BCUT2D eigenvalue weighted by molar-refractivity contribution is 7.97. The van der Waals surface area contributed by atoms with Crippen molar-refractivity contribution in [3.63, 3.8) is 0 Å². The highest BCUT2D eigenvalue weighted by Crippen LogP contribution is 2.35. The van der Waals surface area contributed by atoms with Crippen LogP contribution in [0.4, 0.5) is 43.9 Å². The topological polar surface area (TPSA) is 86.7 Å². The largest absolute Gasteiger partial charge is 0.379 e. The van der Waals surface area contributed by atoms with Crippen LogP contribution in [0.3, 0.4) is 0 Å².